The van der Waals surface area contributed by atoms with Crippen molar-refractivity contribution >= 4 is 18.0 Å². The van der Waals surface area contributed by atoms with E-state index in [1.54, 1.807) is 13.8 Å². The Hall–Kier alpha value is -1.78. The highest BCUT2D eigenvalue weighted by Crippen LogP contribution is 2.54. The maximum atomic E-state index is 14.9. The number of hydrogen-bond donors (Lipinski definition) is 1. The number of hydrogen-bond acceptors (Lipinski definition) is 3. The number of rotatable bonds is 5. The molecule has 0 radical (unpaired) electrons. The fraction of sp³-hybridized carbons (Fsp3) is 0.538. The second kappa shape index (κ2) is 9.46. The zero-order valence-corrected chi connectivity index (χ0v) is 21.1. The average molecular weight is 483 g/mol. The topological polar surface area (TPSA) is 46.5 Å². The molecule has 7 heteroatoms. The van der Waals surface area contributed by atoms with Gasteiger partial charge in [0.15, 0.2) is 0 Å². The van der Waals surface area contributed by atoms with Crippen molar-refractivity contribution in [1.82, 2.24) is 0 Å². The summed E-state index contributed by atoms with van der Waals surface area (Å²) in [5, 5.41) is 10.8. The van der Waals surface area contributed by atoms with E-state index in [1.165, 1.54) is 0 Å². The molecule has 1 saturated carbocycles. The number of aromatic hydroxyl groups is 1. The molecule has 2 aromatic carbocycles. The number of benzene rings is 2. The van der Waals surface area contributed by atoms with Gasteiger partial charge in [0.05, 0.1) is 17.0 Å². The lowest BCUT2D eigenvalue weighted by atomic mass is 9.75. The largest absolute Gasteiger partial charge is 0.507 e. The molecule has 182 valence electrons. The molecule has 0 aromatic heterocycles. The normalized spacial score (nSPS) is 23.5. The van der Waals surface area contributed by atoms with Crippen LogP contribution in [0.15, 0.2) is 30.3 Å². The molecule has 0 spiro atoms. The molecule has 1 fully saturated rings. The van der Waals surface area contributed by atoms with Crippen molar-refractivity contribution in [2.45, 2.75) is 73.1 Å². The van der Waals surface area contributed by atoms with Crippen LogP contribution in [0.5, 0.6) is 5.75 Å². The smallest absolute Gasteiger partial charge is 0.416 e. The molecule has 1 N–H and O–H groups in total. The van der Waals surface area contributed by atoms with Crippen molar-refractivity contribution in [2.75, 3.05) is 0 Å². The predicted molar refractivity (Wildman–Crippen MR) is 127 cm³/mol. The van der Waals surface area contributed by atoms with Gasteiger partial charge in [0.2, 0.25) is 0 Å². The molecule has 33 heavy (non-hydrogen) atoms. The fourth-order valence-electron chi connectivity index (χ4n) is 5.23. The number of aryl methyl sites for hydroxylation is 3. The first kappa shape index (κ1) is 25.8. The summed E-state index contributed by atoms with van der Waals surface area (Å²) in [5.74, 6) is 0.309. The van der Waals surface area contributed by atoms with Gasteiger partial charge in [0.25, 0.3) is 7.37 Å². The first-order valence-corrected chi connectivity index (χ1v) is 13.1. The van der Waals surface area contributed by atoms with E-state index >= 15 is 0 Å². The maximum Gasteiger partial charge on any atom is 0.416 e. The van der Waals surface area contributed by atoms with Crippen LogP contribution in [0, 0.1) is 38.5 Å². The molecule has 4 atom stereocenters. The molecule has 3 nitrogen and oxygen atoms in total. The van der Waals surface area contributed by atoms with Crippen LogP contribution in [0.4, 0.5) is 13.2 Å². The quantitative estimate of drug-likeness (QED) is 0.465. The lowest BCUT2D eigenvalue weighted by Gasteiger charge is -2.39. The molecular formula is C26H34F3O3P. The van der Waals surface area contributed by atoms with Gasteiger partial charge in [-0.3, -0.25) is 4.57 Å². The van der Waals surface area contributed by atoms with E-state index in [2.05, 4.69) is 20.8 Å². The second-order valence-corrected chi connectivity index (χ2v) is 12.2. The summed E-state index contributed by atoms with van der Waals surface area (Å²) < 4.78 is 62.0. The Labute approximate surface area is 194 Å². The van der Waals surface area contributed by atoms with Gasteiger partial charge in [0, 0.05) is 5.30 Å². The van der Waals surface area contributed by atoms with Crippen LogP contribution in [0.3, 0.4) is 0 Å². The minimum absolute atomic E-state index is 0.133. The van der Waals surface area contributed by atoms with Crippen LogP contribution in [0.1, 0.15) is 62.3 Å². The third-order valence-corrected chi connectivity index (χ3v) is 9.65. The van der Waals surface area contributed by atoms with Crippen LogP contribution in [0.25, 0.3) is 0 Å². The van der Waals surface area contributed by atoms with Gasteiger partial charge in [-0.2, -0.15) is 13.2 Å². The van der Waals surface area contributed by atoms with Crippen molar-refractivity contribution in [2.24, 2.45) is 17.8 Å². The van der Waals surface area contributed by atoms with Gasteiger partial charge < -0.3 is 9.63 Å². The summed E-state index contributed by atoms with van der Waals surface area (Å²) in [6.45, 7) is 11.8. The Morgan fingerprint density at radius 2 is 1.67 bits per heavy atom. The van der Waals surface area contributed by atoms with E-state index < -0.39 is 24.9 Å². The molecule has 0 amide bonds. The number of alkyl halides is 3. The summed E-state index contributed by atoms with van der Waals surface area (Å²) in [6, 6.07) is 6.28. The summed E-state index contributed by atoms with van der Waals surface area (Å²) in [6.07, 6.45) is -2.40. The van der Waals surface area contributed by atoms with Gasteiger partial charge in [-0.1, -0.05) is 44.9 Å². The lowest BCUT2D eigenvalue weighted by molar-refractivity contribution is -0.137. The van der Waals surface area contributed by atoms with E-state index in [4.69, 9.17) is 4.52 Å². The number of phenols is 1. The molecular weight excluding hydrogens is 448 g/mol. The van der Waals surface area contributed by atoms with Crippen LogP contribution < -0.4 is 10.6 Å². The summed E-state index contributed by atoms with van der Waals surface area (Å²) in [5.41, 5.74) is 1.36. The highest BCUT2D eigenvalue weighted by atomic mass is 31.2. The standard InChI is InChI=1S/C26H34F3O3P/c1-15(2)21-9-7-16(3)13-23(21)32-33(31,25-18(5)11-17(4)12-19(25)6)24-14-20(26(27,28)29)8-10-22(24)30/h8,10-12,14-16,21,23,30H,7,9,13H2,1-6H3/t16-,21+,23-,33?/m1/s1. The molecule has 1 aliphatic carbocycles. The Morgan fingerprint density at radius 1 is 1.06 bits per heavy atom. The van der Waals surface area contributed by atoms with Crippen LogP contribution in [0.2, 0.25) is 0 Å². The maximum absolute atomic E-state index is 14.9. The first-order chi connectivity index (χ1) is 15.2. The lowest BCUT2D eigenvalue weighted by Crippen LogP contribution is -2.36. The zero-order chi connectivity index (χ0) is 24.7. The zero-order valence-electron chi connectivity index (χ0n) is 20.2. The Kier molecular flexibility index (Phi) is 7.41. The summed E-state index contributed by atoms with van der Waals surface area (Å²) >= 11 is 0. The minimum Gasteiger partial charge on any atom is -0.507 e. The Balaban J connectivity index is 2.26. The van der Waals surface area contributed by atoms with Gasteiger partial charge in [-0.25, -0.2) is 0 Å². The minimum atomic E-state index is -4.63. The van der Waals surface area contributed by atoms with E-state index in [0.29, 0.717) is 28.8 Å². The SMILES string of the molecule is Cc1cc(C)c(P(=O)(O[C@@H]2C[C@H](C)CC[C@H]2C(C)C)c2cc(C(F)(F)F)ccc2O)c(C)c1. The molecule has 0 aliphatic heterocycles. The molecule has 2 aromatic rings. The van der Waals surface area contributed by atoms with Crippen molar-refractivity contribution in [3.63, 3.8) is 0 Å². The van der Waals surface area contributed by atoms with Crippen molar-refractivity contribution in [1.29, 1.82) is 0 Å². The predicted octanol–water partition coefficient (Wildman–Crippen LogP) is 7.04. The second-order valence-electron chi connectivity index (χ2n) is 9.97. The average Bonchev–Trinajstić information content (AvgIpc) is 2.66. The highest BCUT2D eigenvalue weighted by Gasteiger charge is 2.43. The van der Waals surface area contributed by atoms with Crippen LogP contribution in [-0.2, 0) is 15.3 Å². The number of halogens is 3. The van der Waals surface area contributed by atoms with E-state index in [-0.39, 0.29) is 23.2 Å². The summed E-state index contributed by atoms with van der Waals surface area (Å²) in [4.78, 5) is 0. The Bertz CT molecular complexity index is 1040. The molecule has 0 heterocycles. The molecule has 1 unspecified atom stereocenters. The van der Waals surface area contributed by atoms with Crippen molar-refractivity contribution in [3.05, 3.63) is 52.6 Å². The van der Waals surface area contributed by atoms with Gasteiger partial charge in [-0.05, 0) is 80.7 Å². The van der Waals surface area contributed by atoms with E-state index in [0.717, 1.165) is 36.6 Å². The van der Waals surface area contributed by atoms with E-state index in [1.807, 2.05) is 19.1 Å². The number of phenolic OH excluding ortho intramolecular Hbond substituents is 1. The molecule has 1 aliphatic rings. The first-order valence-electron chi connectivity index (χ1n) is 11.5. The molecule has 3 rings (SSSR count). The van der Waals surface area contributed by atoms with Crippen molar-refractivity contribution < 1.29 is 27.4 Å². The third-order valence-electron chi connectivity index (χ3n) is 6.79. The Morgan fingerprint density at radius 3 is 2.21 bits per heavy atom. The van der Waals surface area contributed by atoms with Crippen LogP contribution in [-0.4, -0.2) is 11.2 Å². The molecule has 0 saturated heterocycles. The third kappa shape index (κ3) is 5.33. The van der Waals surface area contributed by atoms with Gasteiger partial charge in [0.1, 0.15) is 5.75 Å². The van der Waals surface area contributed by atoms with E-state index in [9.17, 15) is 22.8 Å². The summed E-state index contributed by atoms with van der Waals surface area (Å²) in [7, 11) is -4.08. The molecule has 0 bridgehead atoms. The van der Waals surface area contributed by atoms with Gasteiger partial charge in [-0.15, -0.1) is 0 Å². The van der Waals surface area contributed by atoms with Crippen molar-refractivity contribution in [3.8, 4) is 5.75 Å². The van der Waals surface area contributed by atoms with Gasteiger partial charge >= 0.3 is 6.18 Å². The monoisotopic (exact) mass is 482 g/mol. The van der Waals surface area contributed by atoms with Crippen LogP contribution >= 0.6 is 7.37 Å². The fourth-order valence-corrected chi connectivity index (χ4v) is 8.06. The highest BCUT2D eigenvalue weighted by molar-refractivity contribution is 7.74.